The molecule has 0 aliphatic heterocycles. The Bertz CT molecular complexity index is 388. The van der Waals surface area contributed by atoms with Crippen LogP contribution in [0.4, 0.5) is 10.5 Å². The normalized spacial score (nSPS) is 15.4. The van der Waals surface area contributed by atoms with Crippen LogP contribution in [0, 0.1) is 0 Å². The SMILES string of the molecule is NCCCN(C(=O)NC1CCCC1)c1ccccc1. The van der Waals surface area contributed by atoms with Gasteiger partial charge in [-0.15, -0.1) is 0 Å². The first-order valence-electron chi connectivity index (χ1n) is 7.14. The van der Waals surface area contributed by atoms with Crippen molar-refractivity contribution in [3.8, 4) is 0 Å². The molecule has 1 aromatic rings. The van der Waals surface area contributed by atoms with Crippen molar-refractivity contribution in [2.24, 2.45) is 5.73 Å². The zero-order valence-electron chi connectivity index (χ0n) is 11.3. The van der Waals surface area contributed by atoms with E-state index in [9.17, 15) is 4.79 Å². The molecule has 4 heteroatoms. The van der Waals surface area contributed by atoms with Gasteiger partial charge < -0.3 is 11.1 Å². The molecular weight excluding hydrogens is 238 g/mol. The van der Waals surface area contributed by atoms with Gasteiger partial charge in [0.05, 0.1) is 0 Å². The molecule has 2 rings (SSSR count). The van der Waals surface area contributed by atoms with Crippen LogP contribution in [0.5, 0.6) is 0 Å². The largest absolute Gasteiger partial charge is 0.335 e. The van der Waals surface area contributed by atoms with Gasteiger partial charge in [0.1, 0.15) is 0 Å². The minimum Gasteiger partial charge on any atom is -0.335 e. The summed E-state index contributed by atoms with van der Waals surface area (Å²) in [5, 5.41) is 3.13. The molecule has 3 N–H and O–H groups in total. The molecule has 4 nitrogen and oxygen atoms in total. The number of amides is 2. The Morgan fingerprint density at radius 1 is 1.26 bits per heavy atom. The summed E-state index contributed by atoms with van der Waals surface area (Å²) >= 11 is 0. The molecule has 0 spiro atoms. The van der Waals surface area contributed by atoms with Crippen LogP contribution in [0.15, 0.2) is 30.3 Å². The van der Waals surface area contributed by atoms with Gasteiger partial charge in [-0.2, -0.15) is 0 Å². The number of carbonyl (C=O) groups excluding carboxylic acids is 1. The lowest BCUT2D eigenvalue weighted by atomic mass is 10.2. The second kappa shape index (κ2) is 7.14. The van der Waals surface area contributed by atoms with Crippen LogP contribution in [-0.4, -0.2) is 25.2 Å². The van der Waals surface area contributed by atoms with Crippen LogP contribution >= 0.6 is 0 Å². The number of nitrogens with two attached hydrogens (primary N) is 1. The van der Waals surface area contributed by atoms with Gasteiger partial charge >= 0.3 is 6.03 Å². The van der Waals surface area contributed by atoms with Crippen molar-refractivity contribution in [2.45, 2.75) is 38.1 Å². The lowest BCUT2D eigenvalue weighted by Crippen LogP contribution is -2.45. The smallest absolute Gasteiger partial charge is 0.322 e. The summed E-state index contributed by atoms with van der Waals surface area (Å²) < 4.78 is 0. The highest BCUT2D eigenvalue weighted by Crippen LogP contribution is 2.19. The van der Waals surface area contributed by atoms with Crippen LogP contribution in [0.3, 0.4) is 0 Å². The van der Waals surface area contributed by atoms with Crippen molar-refractivity contribution < 1.29 is 4.79 Å². The number of hydrogen-bond donors (Lipinski definition) is 2. The Kier molecular flexibility index (Phi) is 5.21. The first-order chi connectivity index (χ1) is 9.31. The average Bonchev–Trinajstić information content (AvgIpc) is 2.93. The first kappa shape index (κ1) is 13.9. The molecule has 0 bridgehead atoms. The van der Waals surface area contributed by atoms with Crippen LogP contribution in [0.25, 0.3) is 0 Å². The Balaban J connectivity index is 2.01. The maximum Gasteiger partial charge on any atom is 0.322 e. The highest BCUT2D eigenvalue weighted by atomic mass is 16.2. The standard InChI is InChI=1S/C15H23N3O/c16-11-6-12-18(14-9-2-1-3-10-14)15(19)17-13-7-4-5-8-13/h1-3,9-10,13H,4-8,11-12,16H2,(H,17,19). The van der Waals surface area contributed by atoms with E-state index in [1.807, 2.05) is 30.3 Å². The Morgan fingerprint density at radius 3 is 2.58 bits per heavy atom. The summed E-state index contributed by atoms with van der Waals surface area (Å²) in [5.41, 5.74) is 6.50. The van der Waals surface area contributed by atoms with E-state index < -0.39 is 0 Å². The monoisotopic (exact) mass is 261 g/mol. The number of nitrogens with one attached hydrogen (secondary N) is 1. The zero-order valence-corrected chi connectivity index (χ0v) is 11.3. The van der Waals surface area contributed by atoms with E-state index >= 15 is 0 Å². The number of para-hydroxylation sites is 1. The molecule has 1 aliphatic carbocycles. The van der Waals surface area contributed by atoms with Crippen LogP contribution in [-0.2, 0) is 0 Å². The number of carbonyl (C=O) groups is 1. The Labute approximate surface area is 115 Å². The molecule has 1 saturated carbocycles. The summed E-state index contributed by atoms with van der Waals surface area (Å²) in [7, 11) is 0. The average molecular weight is 261 g/mol. The molecular formula is C15H23N3O. The number of anilines is 1. The Morgan fingerprint density at radius 2 is 1.95 bits per heavy atom. The van der Waals surface area contributed by atoms with Crippen molar-refractivity contribution in [2.75, 3.05) is 18.0 Å². The van der Waals surface area contributed by atoms with E-state index in [-0.39, 0.29) is 6.03 Å². The van der Waals surface area contributed by atoms with Crippen molar-refractivity contribution in [3.05, 3.63) is 30.3 Å². The minimum atomic E-state index is 0.00606. The van der Waals surface area contributed by atoms with Crippen LogP contribution < -0.4 is 16.0 Å². The van der Waals surface area contributed by atoms with Gasteiger partial charge in [-0.1, -0.05) is 31.0 Å². The fraction of sp³-hybridized carbons (Fsp3) is 0.533. The third-order valence-corrected chi connectivity index (χ3v) is 3.58. The van der Waals surface area contributed by atoms with Crippen molar-refractivity contribution in [1.82, 2.24) is 5.32 Å². The first-order valence-corrected chi connectivity index (χ1v) is 7.14. The number of urea groups is 1. The van der Waals surface area contributed by atoms with Gasteiger partial charge in [0.2, 0.25) is 0 Å². The highest BCUT2D eigenvalue weighted by molar-refractivity contribution is 5.92. The lowest BCUT2D eigenvalue weighted by molar-refractivity contribution is 0.242. The molecule has 19 heavy (non-hydrogen) atoms. The van der Waals surface area contributed by atoms with E-state index in [2.05, 4.69) is 5.32 Å². The number of nitrogens with zero attached hydrogens (tertiary/aromatic N) is 1. The van der Waals surface area contributed by atoms with Crippen molar-refractivity contribution >= 4 is 11.7 Å². The van der Waals surface area contributed by atoms with E-state index in [1.54, 1.807) is 4.90 Å². The van der Waals surface area contributed by atoms with Crippen molar-refractivity contribution in [3.63, 3.8) is 0 Å². The number of hydrogen-bond acceptors (Lipinski definition) is 2. The van der Waals surface area contributed by atoms with Gasteiger partial charge in [-0.25, -0.2) is 4.79 Å². The molecule has 104 valence electrons. The predicted molar refractivity (Wildman–Crippen MR) is 78.2 cm³/mol. The molecule has 1 fully saturated rings. The topological polar surface area (TPSA) is 58.4 Å². The molecule has 2 amide bonds. The molecule has 0 heterocycles. The molecule has 1 aliphatic rings. The quantitative estimate of drug-likeness (QED) is 0.855. The van der Waals surface area contributed by atoms with Gasteiger partial charge in [0, 0.05) is 18.3 Å². The number of rotatable bonds is 5. The van der Waals surface area contributed by atoms with Crippen LogP contribution in [0.1, 0.15) is 32.1 Å². The molecule has 0 saturated heterocycles. The zero-order chi connectivity index (χ0) is 13.5. The third-order valence-electron chi connectivity index (χ3n) is 3.58. The van der Waals surface area contributed by atoms with E-state index in [1.165, 1.54) is 12.8 Å². The molecule has 1 aromatic carbocycles. The van der Waals surface area contributed by atoms with E-state index in [4.69, 9.17) is 5.73 Å². The maximum absolute atomic E-state index is 12.4. The second-order valence-corrected chi connectivity index (χ2v) is 5.06. The summed E-state index contributed by atoms with van der Waals surface area (Å²) in [6.07, 6.45) is 5.46. The third kappa shape index (κ3) is 3.96. The summed E-state index contributed by atoms with van der Waals surface area (Å²) in [5.74, 6) is 0. The van der Waals surface area contributed by atoms with E-state index in [0.717, 1.165) is 24.9 Å². The van der Waals surface area contributed by atoms with Gasteiger partial charge in [0.15, 0.2) is 0 Å². The number of benzene rings is 1. The van der Waals surface area contributed by atoms with Crippen molar-refractivity contribution in [1.29, 1.82) is 0 Å². The molecule has 0 aromatic heterocycles. The van der Waals surface area contributed by atoms with E-state index in [0.29, 0.717) is 19.1 Å². The fourth-order valence-electron chi connectivity index (χ4n) is 2.53. The predicted octanol–water partition coefficient (Wildman–Crippen LogP) is 2.49. The molecule has 0 unspecified atom stereocenters. The summed E-state index contributed by atoms with van der Waals surface area (Å²) in [4.78, 5) is 14.2. The molecule has 0 radical (unpaired) electrons. The van der Waals surface area contributed by atoms with Gasteiger partial charge in [0.25, 0.3) is 0 Å². The van der Waals surface area contributed by atoms with Gasteiger partial charge in [-0.3, -0.25) is 4.90 Å². The molecule has 0 atom stereocenters. The Hall–Kier alpha value is -1.55. The van der Waals surface area contributed by atoms with Gasteiger partial charge in [-0.05, 0) is 37.9 Å². The minimum absolute atomic E-state index is 0.00606. The lowest BCUT2D eigenvalue weighted by Gasteiger charge is -2.25. The highest BCUT2D eigenvalue weighted by Gasteiger charge is 2.21. The fourth-order valence-corrected chi connectivity index (χ4v) is 2.53. The van der Waals surface area contributed by atoms with Crippen LogP contribution in [0.2, 0.25) is 0 Å². The summed E-state index contributed by atoms with van der Waals surface area (Å²) in [6.45, 7) is 1.26. The second-order valence-electron chi connectivity index (χ2n) is 5.06. The maximum atomic E-state index is 12.4. The summed E-state index contributed by atoms with van der Waals surface area (Å²) in [6, 6.07) is 10.1.